The Morgan fingerprint density at radius 3 is 1.91 bits per heavy atom. The highest BCUT2D eigenvalue weighted by atomic mass is 16.5. The Bertz CT molecular complexity index is 1160. The quantitative estimate of drug-likeness (QED) is 0.0424. The van der Waals surface area contributed by atoms with Gasteiger partial charge in [0.05, 0.1) is 51.6 Å². The van der Waals surface area contributed by atoms with Gasteiger partial charge in [-0.1, -0.05) is 13.8 Å². The first-order valence-corrected chi connectivity index (χ1v) is 19.1. The maximum Gasteiger partial charge on any atom is 0.311 e. The predicted molar refractivity (Wildman–Crippen MR) is 206 cm³/mol. The number of carbonyl (C=O) groups is 5. The zero-order valence-corrected chi connectivity index (χ0v) is 34.4. The molecular formula is C37H72N8O9. The van der Waals surface area contributed by atoms with Crippen molar-refractivity contribution in [2.75, 3.05) is 133 Å². The van der Waals surface area contributed by atoms with E-state index in [2.05, 4.69) is 20.0 Å². The van der Waals surface area contributed by atoms with Crippen molar-refractivity contribution in [2.24, 2.45) is 45.8 Å². The molecule has 0 aromatic carbocycles. The van der Waals surface area contributed by atoms with Crippen LogP contribution in [0.25, 0.3) is 0 Å². The van der Waals surface area contributed by atoms with Crippen molar-refractivity contribution in [3.63, 3.8) is 0 Å². The van der Waals surface area contributed by atoms with Crippen LogP contribution in [-0.4, -0.2) is 183 Å². The van der Waals surface area contributed by atoms with Crippen LogP contribution in [0.1, 0.15) is 47.0 Å². The van der Waals surface area contributed by atoms with Crippen molar-refractivity contribution in [3.8, 4) is 0 Å². The number of likely N-dealkylation sites (tertiary alicyclic amines) is 1. The molecule has 0 aromatic heterocycles. The van der Waals surface area contributed by atoms with E-state index in [-0.39, 0.29) is 31.7 Å². The van der Waals surface area contributed by atoms with Crippen LogP contribution < -0.4 is 22.5 Å². The third-order valence-corrected chi connectivity index (χ3v) is 10.3. The van der Waals surface area contributed by atoms with Gasteiger partial charge in [0.2, 0.25) is 5.91 Å². The molecule has 1 saturated heterocycles. The Morgan fingerprint density at radius 1 is 0.815 bits per heavy atom. The van der Waals surface area contributed by atoms with E-state index in [9.17, 15) is 24.0 Å². The number of carbonyl (C=O) groups excluding carboxylic acids is 5. The fourth-order valence-electron chi connectivity index (χ4n) is 7.49. The van der Waals surface area contributed by atoms with E-state index in [1.54, 1.807) is 32.6 Å². The van der Waals surface area contributed by atoms with Gasteiger partial charge in [-0.15, -0.1) is 0 Å². The minimum atomic E-state index is -0.996. The van der Waals surface area contributed by atoms with Crippen molar-refractivity contribution in [3.05, 3.63) is 0 Å². The number of nitrogens with two attached hydrogens (primary N) is 3. The van der Waals surface area contributed by atoms with Gasteiger partial charge in [-0.25, -0.2) is 0 Å². The van der Waals surface area contributed by atoms with E-state index in [1.807, 2.05) is 0 Å². The summed E-state index contributed by atoms with van der Waals surface area (Å²) < 4.78 is 20.2. The molecule has 0 aliphatic carbocycles. The van der Waals surface area contributed by atoms with Gasteiger partial charge in [0, 0.05) is 110 Å². The molecule has 4 atom stereocenters. The van der Waals surface area contributed by atoms with Crippen LogP contribution in [0.3, 0.4) is 0 Å². The second kappa shape index (κ2) is 25.3. The van der Waals surface area contributed by atoms with Gasteiger partial charge in [0.1, 0.15) is 0 Å². The number of piperidine rings is 1. The molecule has 1 heterocycles. The van der Waals surface area contributed by atoms with Gasteiger partial charge in [0.25, 0.3) is 0 Å². The molecular weight excluding hydrogens is 700 g/mol. The molecule has 0 bridgehead atoms. The number of hydrogen-bond acceptors (Lipinski definition) is 16. The van der Waals surface area contributed by atoms with E-state index in [0.29, 0.717) is 78.5 Å². The first kappa shape index (κ1) is 49.1. The molecule has 0 spiro atoms. The summed E-state index contributed by atoms with van der Waals surface area (Å²) in [5.41, 5.74) is 15.7. The Morgan fingerprint density at radius 2 is 1.39 bits per heavy atom. The zero-order valence-electron chi connectivity index (χ0n) is 34.4. The Balaban J connectivity index is 3.26. The number of esters is 4. The molecule has 0 saturated carbocycles. The van der Waals surface area contributed by atoms with E-state index >= 15 is 0 Å². The summed E-state index contributed by atoms with van der Waals surface area (Å²) in [5, 5.41) is 3.32. The third-order valence-electron chi connectivity index (χ3n) is 10.3. The highest BCUT2D eigenvalue weighted by Gasteiger charge is 2.50. The molecule has 17 nitrogen and oxygen atoms in total. The molecule has 4 unspecified atom stereocenters. The highest BCUT2D eigenvalue weighted by molar-refractivity contribution is 5.87. The van der Waals surface area contributed by atoms with Crippen molar-refractivity contribution in [2.45, 2.75) is 47.0 Å². The number of ether oxygens (including phenoxy) is 4. The summed E-state index contributed by atoms with van der Waals surface area (Å²) in [4.78, 5) is 73.1. The van der Waals surface area contributed by atoms with Crippen molar-refractivity contribution in [1.29, 1.82) is 0 Å². The minimum absolute atomic E-state index is 0.129. The number of rotatable bonds is 28. The minimum Gasteiger partial charge on any atom is -0.469 e. The molecule has 7 N–H and O–H groups in total. The second-order valence-electron chi connectivity index (χ2n) is 15.3. The lowest BCUT2D eigenvalue weighted by molar-refractivity contribution is -0.163. The van der Waals surface area contributed by atoms with Crippen LogP contribution >= 0.6 is 0 Å². The molecule has 1 aliphatic rings. The van der Waals surface area contributed by atoms with E-state index in [0.717, 1.165) is 19.6 Å². The van der Waals surface area contributed by atoms with Crippen LogP contribution in [0, 0.1) is 28.6 Å². The van der Waals surface area contributed by atoms with Gasteiger partial charge in [-0.05, 0) is 33.1 Å². The van der Waals surface area contributed by atoms with Crippen molar-refractivity contribution in [1.82, 2.24) is 24.9 Å². The maximum atomic E-state index is 14.1. The lowest BCUT2D eigenvalue weighted by Crippen LogP contribution is -2.56. The lowest BCUT2D eigenvalue weighted by Gasteiger charge is -2.45. The van der Waals surface area contributed by atoms with Crippen LogP contribution in [0.4, 0.5) is 0 Å². The van der Waals surface area contributed by atoms with E-state index in [1.165, 1.54) is 28.4 Å². The number of hydrogen-bond donors (Lipinski definition) is 4. The van der Waals surface area contributed by atoms with Crippen molar-refractivity contribution >= 4 is 29.8 Å². The number of amides is 1. The summed E-state index contributed by atoms with van der Waals surface area (Å²) >= 11 is 0. The molecule has 0 aromatic rings. The largest absolute Gasteiger partial charge is 0.469 e. The smallest absolute Gasteiger partial charge is 0.311 e. The molecule has 314 valence electrons. The Labute approximate surface area is 323 Å². The summed E-state index contributed by atoms with van der Waals surface area (Å²) in [6.07, 6.45) is 0.732. The van der Waals surface area contributed by atoms with Crippen LogP contribution in [0.2, 0.25) is 0 Å². The molecule has 54 heavy (non-hydrogen) atoms. The average Bonchev–Trinajstić information content (AvgIpc) is 3.15. The molecule has 1 fully saturated rings. The van der Waals surface area contributed by atoms with Crippen molar-refractivity contribution < 1.29 is 42.9 Å². The number of methoxy groups -OCH3 is 4. The lowest BCUT2D eigenvalue weighted by atomic mass is 9.67. The number of nitrogens with one attached hydrogen (secondary N) is 1. The Kier molecular flexibility index (Phi) is 23.0. The van der Waals surface area contributed by atoms with Gasteiger partial charge in [-0.3, -0.25) is 38.7 Å². The van der Waals surface area contributed by atoms with Gasteiger partial charge >= 0.3 is 23.9 Å². The number of nitrogens with zero attached hydrogens (tertiary/aromatic N) is 4. The fraction of sp³-hybridized carbons (Fsp3) is 0.865. The SMILES string of the molecule is COC(=O)C(C)CC(CN(CCN(CCN)CCNCCN)CCN(CCN)CCN1CC(C(=O)OC)CC(C)(CC(C)(C)C(=O)OC)C1=O)C(=O)OC. The van der Waals surface area contributed by atoms with Crippen LogP contribution in [-0.2, 0) is 42.9 Å². The monoisotopic (exact) mass is 773 g/mol. The Hall–Kier alpha value is -2.93. The standard InChI is InChI=1S/C37H72N8O9/c1-28(31(46)51-5)23-29(32(47)52-6)25-44(19-17-42(14-10-39)16-13-41-12-9-38)20-18-43(15-11-40)21-22-45-26-30(33(48)53-7)24-37(4,34(45)49)27-36(2,3)35(50)54-8/h28-30,41H,9-27,38-40H2,1-8H3. The summed E-state index contributed by atoms with van der Waals surface area (Å²) in [6.45, 7) is 15.8. The van der Waals surface area contributed by atoms with Gasteiger partial charge < -0.3 is 46.4 Å². The van der Waals surface area contributed by atoms with E-state index in [4.69, 9.17) is 36.1 Å². The fourth-order valence-corrected chi connectivity index (χ4v) is 7.49. The summed E-state index contributed by atoms with van der Waals surface area (Å²) in [6, 6.07) is 0. The average molecular weight is 773 g/mol. The molecule has 0 radical (unpaired) electrons. The van der Waals surface area contributed by atoms with E-state index < -0.39 is 52.5 Å². The van der Waals surface area contributed by atoms with Gasteiger partial charge in [0.15, 0.2) is 0 Å². The zero-order chi connectivity index (χ0) is 40.9. The normalized spacial score (nSPS) is 18.9. The predicted octanol–water partition coefficient (Wildman–Crippen LogP) is -1.04. The summed E-state index contributed by atoms with van der Waals surface area (Å²) in [5.74, 6) is -3.37. The summed E-state index contributed by atoms with van der Waals surface area (Å²) in [7, 11) is 5.33. The first-order chi connectivity index (χ1) is 25.6. The topological polar surface area (TPSA) is 225 Å². The second-order valence-corrected chi connectivity index (χ2v) is 15.3. The molecule has 1 amide bonds. The highest BCUT2D eigenvalue weighted by Crippen LogP contribution is 2.44. The molecule has 1 rings (SSSR count). The molecule has 1 aliphatic heterocycles. The third kappa shape index (κ3) is 16.4. The maximum absolute atomic E-state index is 14.1. The van der Waals surface area contributed by atoms with Crippen LogP contribution in [0.5, 0.6) is 0 Å². The molecule has 17 heteroatoms. The van der Waals surface area contributed by atoms with Crippen LogP contribution in [0.15, 0.2) is 0 Å². The first-order valence-electron chi connectivity index (χ1n) is 19.1. The van der Waals surface area contributed by atoms with Gasteiger partial charge in [-0.2, -0.15) is 0 Å².